The van der Waals surface area contributed by atoms with Crippen molar-refractivity contribution >= 4 is 6.03 Å². The van der Waals surface area contributed by atoms with E-state index in [9.17, 15) is 9.59 Å². The molecule has 0 aliphatic carbocycles. The molecule has 0 saturated carbocycles. The first kappa shape index (κ1) is 22.5. The Bertz CT molecular complexity index is 918. The molecule has 3 heterocycles. The van der Waals surface area contributed by atoms with Gasteiger partial charge in [0.15, 0.2) is 0 Å². The van der Waals surface area contributed by atoms with E-state index in [1.807, 2.05) is 30.3 Å². The number of nitrogens with zero attached hydrogens (tertiary/aromatic N) is 2. The number of nitrogens with one attached hydrogen (secondary N) is 2. The van der Waals surface area contributed by atoms with Crippen molar-refractivity contribution in [3.63, 3.8) is 0 Å². The van der Waals surface area contributed by atoms with E-state index < -0.39 is 0 Å². The van der Waals surface area contributed by atoms with Gasteiger partial charge in [-0.1, -0.05) is 30.3 Å². The fourth-order valence-electron chi connectivity index (χ4n) is 4.35. The maximum absolute atomic E-state index is 12.4. The van der Waals surface area contributed by atoms with Gasteiger partial charge in [0.1, 0.15) is 0 Å². The van der Waals surface area contributed by atoms with Gasteiger partial charge in [0, 0.05) is 57.0 Å². The summed E-state index contributed by atoms with van der Waals surface area (Å²) in [6, 6.07) is 13.2. The Labute approximate surface area is 188 Å². The molecule has 1 aromatic carbocycles. The minimum atomic E-state index is -0.165. The molecular formula is C24H32N4O4. The molecule has 2 aliphatic heterocycles. The molecule has 4 rings (SSSR count). The second-order valence-corrected chi connectivity index (χ2v) is 8.39. The van der Waals surface area contributed by atoms with Gasteiger partial charge >= 0.3 is 6.03 Å². The van der Waals surface area contributed by atoms with Crippen LogP contribution in [-0.2, 0) is 22.6 Å². The molecule has 2 saturated heterocycles. The molecule has 2 amide bonds. The number of rotatable bonds is 8. The van der Waals surface area contributed by atoms with Crippen LogP contribution in [-0.4, -0.2) is 67.6 Å². The fourth-order valence-corrected chi connectivity index (χ4v) is 4.35. The second-order valence-electron chi connectivity index (χ2n) is 8.39. The third-order valence-electron chi connectivity index (χ3n) is 6.22. The fraction of sp³-hybridized carbons (Fsp3) is 0.500. The number of morpholine rings is 1. The van der Waals surface area contributed by atoms with Gasteiger partial charge in [-0.25, -0.2) is 4.79 Å². The molecule has 8 heteroatoms. The van der Waals surface area contributed by atoms with Crippen molar-refractivity contribution in [2.24, 2.45) is 5.92 Å². The molecule has 1 aromatic heterocycles. The summed E-state index contributed by atoms with van der Waals surface area (Å²) in [5, 5.41) is 6.00. The molecular weight excluding hydrogens is 408 g/mol. The first-order valence-corrected chi connectivity index (χ1v) is 11.3. The van der Waals surface area contributed by atoms with Crippen LogP contribution in [0.25, 0.3) is 0 Å². The third-order valence-corrected chi connectivity index (χ3v) is 6.22. The van der Waals surface area contributed by atoms with Crippen LogP contribution in [0.2, 0.25) is 0 Å². The number of carbonyl (C=O) groups excluding carboxylic acids is 1. The Morgan fingerprint density at radius 1 is 1.00 bits per heavy atom. The smallest absolute Gasteiger partial charge is 0.315 e. The van der Waals surface area contributed by atoms with Gasteiger partial charge in [-0.3, -0.25) is 9.69 Å². The van der Waals surface area contributed by atoms with Crippen molar-refractivity contribution in [3.8, 4) is 0 Å². The van der Waals surface area contributed by atoms with Crippen molar-refractivity contribution in [1.29, 1.82) is 0 Å². The molecule has 2 aliphatic rings. The zero-order valence-electron chi connectivity index (χ0n) is 18.4. The van der Waals surface area contributed by atoms with Crippen LogP contribution in [0.15, 0.2) is 53.5 Å². The lowest BCUT2D eigenvalue weighted by Gasteiger charge is -2.37. The molecule has 2 fully saturated rings. The van der Waals surface area contributed by atoms with E-state index in [1.165, 1.54) is 0 Å². The Morgan fingerprint density at radius 3 is 2.50 bits per heavy atom. The van der Waals surface area contributed by atoms with Gasteiger partial charge in [-0.15, -0.1) is 0 Å². The maximum Gasteiger partial charge on any atom is 0.315 e. The number of amides is 2. The first-order valence-electron chi connectivity index (χ1n) is 11.3. The van der Waals surface area contributed by atoms with Gasteiger partial charge in [-0.05, 0) is 23.6 Å². The number of aromatic nitrogens is 1. The summed E-state index contributed by atoms with van der Waals surface area (Å²) in [6.07, 6.45) is 2.82. The summed E-state index contributed by atoms with van der Waals surface area (Å²) in [5.74, 6) is 0.443. The minimum Gasteiger partial charge on any atom is -0.381 e. The Kier molecular flexibility index (Phi) is 7.92. The van der Waals surface area contributed by atoms with E-state index in [2.05, 4.69) is 15.5 Å². The van der Waals surface area contributed by atoms with Crippen LogP contribution in [0, 0.1) is 5.92 Å². The summed E-state index contributed by atoms with van der Waals surface area (Å²) in [5.41, 5.74) is 2.03. The summed E-state index contributed by atoms with van der Waals surface area (Å²) < 4.78 is 12.7. The Morgan fingerprint density at radius 2 is 1.78 bits per heavy atom. The molecule has 172 valence electrons. The number of ether oxygens (including phenoxy) is 2. The molecule has 2 atom stereocenters. The largest absolute Gasteiger partial charge is 0.381 e. The van der Waals surface area contributed by atoms with Crippen LogP contribution in [0.1, 0.15) is 17.5 Å². The van der Waals surface area contributed by atoms with Crippen molar-refractivity contribution in [2.75, 3.05) is 46.1 Å². The van der Waals surface area contributed by atoms with Gasteiger partial charge in [-0.2, -0.15) is 0 Å². The van der Waals surface area contributed by atoms with E-state index >= 15 is 0 Å². The van der Waals surface area contributed by atoms with Gasteiger partial charge < -0.3 is 24.7 Å². The average molecular weight is 441 g/mol. The molecule has 2 aromatic rings. The molecule has 2 unspecified atom stereocenters. The van der Waals surface area contributed by atoms with E-state index in [0.29, 0.717) is 25.6 Å². The predicted molar refractivity (Wildman–Crippen MR) is 122 cm³/mol. The Hall–Kier alpha value is -2.68. The molecule has 32 heavy (non-hydrogen) atoms. The normalized spacial score (nSPS) is 20.1. The van der Waals surface area contributed by atoms with Crippen LogP contribution in [0.3, 0.4) is 0 Å². The van der Waals surface area contributed by atoms with Gasteiger partial charge in [0.05, 0.1) is 26.4 Å². The zero-order valence-corrected chi connectivity index (χ0v) is 18.4. The van der Waals surface area contributed by atoms with Crippen LogP contribution < -0.4 is 16.2 Å². The lowest BCUT2D eigenvalue weighted by molar-refractivity contribution is 0.00212. The number of urea groups is 1. The lowest BCUT2D eigenvalue weighted by atomic mass is 9.97. The summed E-state index contributed by atoms with van der Waals surface area (Å²) >= 11 is 0. The molecule has 0 spiro atoms. The van der Waals surface area contributed by atoms with E-state index in [4.69, 9.17) is 9.47 Å². The maximum atomic E-state index is 12.4. The van der Waals surface area contributed by atoms with Crippen molar-refractivity contribution < 1.29 is 14.3 Å². The highest BCUT2D eigenvalue weighted by Gasteiger charge is 2.31. The Balaban J connectivity index is 1.24. The molecule has 0 bridgehead atoms. The summed E-state index contributed by atoms with van der Waals surface area (Å²) in [4.78, 5) is 26.7. The van der Waals surface area contributed by atoms with Gasteiger partial charge in [0.25, 0.3) is 5.56 Å². The van der Waals surface area contributed by atoms with Crippen molar-refractivity contribution in [1.82, 2.24) is 20.1 Å². The molecule has 8 nitrogen and oxygen atoms in total. The lowest BCUT2D eigenvalue weighted by Crippen LogP contribution is -2.53. The molecule has 2 N–H and O–H groups in total. The van der Waals surface area contributed by atoms with E-state index in [1.54, 1.807) is 22.9 Å². The average Bonchev–Trinajstić information content (AvgIpc) is 3.36. The number of pyridine rings is 1. The van der Waals surface area contributed by atoms with E-state index in [-0.39, 0.29) is 17.6 Å². The number of carbonyl (C=O) groups is 1. The van der Waals surface area contributed by atoms with E-state index in [0.717, 1.165) is 57.1 Å². The highest BCUT2D eigenvalue weighted by atomic mass is 16.5. The SMILES string of the molecule is O=C(NCc1ccc(Cn2ccccc2=O)cc1)NCC(C1CCOC1)N1CCOCC1. The minimum absolute atomic E-state index is 0.0190. The number of hydrogen-bond donors (Lipinski definition) is 2. The predicted octanol–water partition coefficient (Wildman–Crippen LogP) is 1.43. The topological polar surface area (TPSA) is 84.8 Å². The highest BCUT2D eigenvalue weighted by molar-refractivity contribution is 5.73. The van der Waals surface area contributed by atoms with Crippen molar-refractivity contribution in [3.05, 3.63) is 70.1 Å². The first-order chi connectivity index (χ1) is 15.7. The quantitative estimate of drug-likeness (QED) is 0.649. The van der Waals surface area contributed by atoms with Crippen LogP contribution >= 0.6 is 0 Å². The monoisotopic (exact) mass is 440 g/mol. The highest BCUT2D eigenvalue weighted by Crippen LogP contribution is 2.21. The summed E-state index contributed by atoms with van der Waals surface area (Å²) in [6.45, 7) is 6.41. The van der Waals surface area contributed by atoms with Crippen LogP contribution in [0.4, 0.5) is 4.79 Å². The van der Waals surface area contributed by atoms with Crippen LogP contribution in [0.5, 0.6) is 0 Å². The number of benzene rings is 1. The second kappa shape index (κ2) is 11.3. The van der Waals surface area contributed by atoms with Gasteiger partial charge in [0.2, 0.25) is 0 Å². The third kappa shape index (κ3) is 6.18. The standard InChI is InChI=1S/C24H32N4O4/c29-23-3-1-2-9-28(23)17-20-6-4-19(5-7-20)15-25-24(30)26-16-22(21-8-12-32-18-21)27-10-13-31-14-11-27/h1-7,9,21-22H,8,10-18H2,(H2,25,26,30). The number of hydrogen-bond acceptors (Lipinski definition) is 5. The summed E-state index contributed by atoms with van der Waals surface area (Å²) in [7, 11) is 0. The zero-order chi connectivity index (χ0) is 22.2. The molecule has 0 radical (unpaired) electrons. The van der Waals surface area contributed by atoms with Crippen molar-refractivity contribution in [2.45, 2.75) is 25.6 Å².